The van der Waals surface area contributed by atoms with Gasteiger partial charge in [0.15, 0.2) is 5.16 Å². The standard InChI is InChI=1S/C18H18F2N4O2S/c19-17(20)23-8-7-21-15(23)11-27-18-22-14-6-2-1-5-13(14)16(25)24(18)10-12-4-3-9-26-12/h1-2,5-8,12,17H,3-4,9-11H2/t12-/m0/s1. The third kappa shape index (κ3) is 3.74. The monoisotopic (exact) mass is 392 g/mol. The second kappa shape index (κ2) is 7.77. The average Bonchev–Trinajstić information content (AvgIpc) is 3.34. The predicted molar refractivity (Wildman–Crippen MR) is 98.0 cm³/mol. The minimum absolute atomic E-state index is 0.0342. The Kier molecular flexibility index (Phi) is 5.22. The summed E-state index contributed by atoms with van der Waals surface area (Å²) in [5.74, 6) is 0.425. The van der Waals surface area contributed by atoms with Crippen LogP contribution in [0.25, 0.3) is 10.9 Å². The number of hydrogen-bond acceptors (Lipinski definition) is 5. The molecule has 3 aromatic rings. The molecule has 0 spiro atoms. The van der Waals surface area contributed by atoms with E-state index in [9.17, 15) is 13.6 Å². The third-order valence-electron chi connectivity index (χ3n) is 4.53. The smallest absolute Gasteiger partial charge is 0.319 e. The van der Waals surface area contributed by atoms with E-state index in [0.717, 1.165) is 17.4 Å². The van der Waals surface area contributed by atoms with Crippen molar-refractivity contribution >= 4 is 22.7 Å². The van der Waals surface area contributed by atoms with Gasteiger partial charge in [-0.05, 0) is 25.0 Å². The van der Waals surface area contributed by atoms with E-state index < -0.39 is 6.55 Å². The van der Waals surface area contributed by atoms with Crippen molar-refractivity contribution in [2.45, 2.75) is 42.9 Å². The van der Waals surface area contributed by atoms with Crippen molar-refractivity contribution in [3.8, 4) is 0 Å². The van der Waals surface area contributed by atoms with Crippen LogP contribution in [0.4, 0.5) is 8.78 Å². The first-order chi connectivity index (χ1) is 13.1. The van der Waals surface area contributed by atoms with E-state index in [4.69, 9.17) is 4.74 Å². The number of ether oxygens (including phenoxy) is 1. The van der Waals surface area contributed by atoms with Gasteiger partial charge in [-0.3, -0.25) is 13.9 Å². The largest absolute Gasteiger partial charge is 0.376 e. The second-order valence-electron chi connectivity index (χ2n) is 6.28. The number of aromatic nitrogens is 4. The Morgan fingerprint density at radius 3 is 2.96 bits per heavy atom. The molecule has 1 aromatic carbocycles. The fourth-order valence-corrected chi connectivity index (χ4v) is 4.13. The number of rotatable bonds is 6. The maximum atomic E-state index is 13.0. The Bertz CT molecular complexity index is 998. The van der Waals surface area contributed by atoms with Crippen LogP contribution < -0.4 is 5.56 Å². The number of benzene rings is 1. The molecule has 1 fully saturated rings. The molecule has 6 nitrogen and oxygen atoms in total. The number of alkyl halides is 2. The first-order valence-electron chi connectivity index (χ1n) is 8.67. The van der Waals surface area contributed by atoms with Gasteiger partial charge in [-0.15, -0.1) is 0 Å². The molecule has 1 atom stereocenters. The molecule has 4 rings (SSSR count). The molecule has 142 valence electrons. The summed E-state index contributed by atoms with van der Waals surface area (Å²) >= 11 is 1.23. The van der Waals surface area contributed by atoms with E-state index in [1.165, 1.54) is 24.2 Å². The minimum atomic E-state index is -2.65. The molecule has 9 heteroatoms. The molecule has 2 aromatic heterocycles. The van der Waals surface area contributed by atoms with Crippen LogP contribution in [0.1, 0.15) is 25.2 Å². The number of fused-ring (bicyclic) bond motifs is 1. The highest BCUT2D eigenvalue weighted by molar-refractivity contribution is 7.98. The van der Waals surface area contributed by atoms with Gasteiger partial charge in [-0.1, -0.05) is 23.9 Å². The van der Waals surface area contributed by atoms with Crippen molar-refractivity contribution in [1.82, 2.24) is 19.1 Å². The molecule has 3 heterocycles. The van der Waals surface area contributed by atoms with Crippen LogP contribution in [0.2, 0.25) is 0 Å². The fourth-order valence-electron chi connectivity index (χ4n) is 3.17. The van der Waals surface area contributed by atoms with Crippen LogP contribution in [-0.2, 0) is 17.0 Å². The quantitative estimate of drug-likeness (QED) is 0.475. The highest BCUT2D eigenvalue weighted by Gasteiger charge is 2.21. The zero-order chi connectivity index (χ0) is 18.8. The average molecular weight is 392 g/mol. The van der Waals surface area contributed by atoms with Crippen molar-refractivity contribution in [3.63, 3.8) is 0 Å². The molecule has 0 N–H and O–H groups in total. The van der Waals surface area contributed by atoms with Crippen molar-refractivity contribution in [1.29, 1.82) is 0 Å². The van der Waals surface area contributed by atoms with E-state index in [0.29, 0.717) is 29.2 Å². The Balaban J connectivity index is 1.68. The second-order valence-corrected chi connectivity index (χ2v) is 7.22. The topological polar surface area (TPSA) is 61.9 Å². The number of para-hydroxylation sites is 1. The van der Waals surface area contributed by atoms with Crippen LogP contribution >= 0.6 is 11.8 Å². The normalized spacial score (nSPS) is 17.2. The van der Waals surface area contributed by atoms with Gasteiger partial charge in [-0.2, -0.15) is 8.78 Å². The van der Waals surface area contributed by atoms with Crippen LogP contribution in [0.3, 0.4) is 0 Å². The molecule has 0 amide bonds. The van der Waals surface area contributed by atoms with Gasteiger partial charge in [0.1, 0.15) is 5.82 Å². The molecule has 0 unspecified atom stereocenters. The molecular formula is C18H18F2N4O2S. The van der Waals surface area contributed by atoms with Gasteiger partial charge in [0.25, 0.3) is 5.56 Å². The van der Waals surface area contributed by atoms with E-state index in [1.807, 2.05) is 6.07 Å². The lowest BCUT2D eigenvalue weighted by Crippen LogP contribution is -2.28. The number of thioether (sulfide) groups is 1. The lowest BCUT2D eigenvalue weighted by Gasteiger charge is -2.16. The summed E-state index contributed by atoms with van der Waals surface area (Å²) < 4.78 is 34.1. The zero-order valence-corrected chi connectivity index (χ0v) is 15.2. The van der Waals surface area contributed by atoms with E-state index in [1.54, 1.807) is 22.8 Å². The van der Waals surface area contributed by atoms with Crippen molar-refractivity contribution < 1.29 is 13.5 Å². The van der Waals surface area contributed by atoms with Crippen molar-refractivity contribution in [3.05, 3.63) is 52.8 Å². The van der Waals surface area contributed by atoms with Crippen LogP contribution in [0.5, 0.6) is 0 Å². The number of nitrogens with zero attached hydrogens (tertiary/aromatic N) is 4. The lowest BCUT2D eigenvalue weighted by molar-refractivity contribution is 0.0678. The highest BCUT2D eigenvalue weighted by atomic mass is 32.2. The molecule has 0 aliphatic carbocycles. The van der Waals surface area contributed by atoms with Gasteiger partial charge < -0.3 is 4.74 Å². The molecular weight excluding hydrogens is 374 g/mol. The van der Waals surface area contributed by atoms with Gasteiger partial charge >= 0.3 is 6.55 Å². The third-order valence-corrected chi connectivity index (χ3v) is 5.50. The molecule has 0 radical (unpaired) electrons. The van der Waals surface area contributed by atoms with Gasteiger partial charge in [0.2, 0.25) is 0 Å². The SMILES string of the molecule is O=c1c2ccccc2nc(SCc2nccn2C(F)F)n1C[C@@H]1CCCO1. The first-order valence-corrected chi connectivity index (χ1v) is 9.66. The van der Waals surface area contributed by atoms with E-state index in [-0.39, 0.29) is 23.2 Å². The Labute approximate surface area is 158 Å². The van der Waals surface area contributed by atoms with Crippen molar-refractivity contribution in [2.75, 3.05) is 6.61 Å². The van der Waals surface area contributed by atoms with Gasteiger partial charge in [-0.25, -0.2) is 9.97 Å². The molecule has 0 bridgehead atoms. The van der Waals surface area contributed by atoms with E-state index in [2.05, 4.69) is 9.97 Å². The van der Waals surface area contributed by atoms with Gasteiger partial charge in [0, 0.05) is 19.0 Å². The predicted octanol–water partition coefficient (Wildman–Crippen LogP) is 3.46. The van der Waals surface area contributed by atoms with Crippen molar-refractivity contribution in [2.24, 2.45) is 0 Å². The zero-order valence-electron chi connectivity index (χ0n) is 14.4. The molecule has 1 aliphatic heterocycles. The summed E-state index contributed by atoms with van der Waals surface area (Å²) in [6.45, 7) is -1.56. The summed E-state index contributed by atoms with van der Waals surface area (Å²) in [6.07, 6.45) is 4.41. The summed E-state index contributed by atoms with van der Waals surface area (Å²) in [5, 5.41) is 1.02. The molecule has 27 heavy (non-hydrogen) atoms. The van der Waals surface area contributed by atoms with Crippen LogP contribution in [0, 0.1) is 0 Å². The number of hydrogen-bond donors (Lipinski definition) is 0. The number of imidazole rings is 1. The summed E-state index contributed by atoms with van der Waals surface area (Å²) in [7, 11) is 0. The Hall–Kier alpha value is -2.26. The summed E-state index contributed by atoms with van der Waals surface area (Å²) in [4.78, 5) is 21.6. The summed E-state index contributed by atoms with van der Waals surface area (Å²) in [6, 6.07) is 7.14. The van der Waals surface area contributed by atoms with Gasteiger partial charge in [0.05, 0.1) is 29.3 Å². The summed E-state index contributed by atoms with van der Waals surface area (Å²) in [5.41, 5.74) is 0.446. The lowest BCUT2D eigenvalue weighted by atomic mass is 10.2. The maximum Gasteiger partial charge on any atom is 0.319 e. The van der Waals surface area contributed by atoms with Crippen LogP contribution in [-0.4, -0.2) is 31.8 Å². The van der Waals surface area contributed by atoms with E-state index >= 15 is 0 Å². The van der Waals surface area contributed by atoms with Crippen LogP contribution in [0.15, 0.2) is 46.6 Å². The Morgan fingerprint density at radius 2 is 2.19 bits per heavy atom. The molecule has 1 saturated heterocycles. The highest BCUT2D eigenvalue weighted by Crippen LogP contribution is 2.25. The minimum Gasteiger partial charge on any atom is -0.376 e. The molecule has 0 saturated carbocycles. The fraction of sp³-hybridized carbons (Fsp3) is 0.389. The molecule has 1 aliphatic rings. The first kappa shape index (κ1) is 18.1. The Morgan fingerprint density at radius 1 is 1.33 bits per heavy atom. The maximum absolute atomic E-state index is 13.0. The number of halogens is 2.